The Labute approximate surface area is 123 Å². The minimum absolute atomic E-state index is 0.0284. The van der Waals surface area contributed by atoms with Gasteiger partial charge in [0.15, 0.2) is 0 Å². The van der Waals surface area contributed by atoms with Gasteiger partial charge < -0.3 is 4.90 Å². The molecule has 0 aliphatic rings. The van der Waals surface area contributed by atoms with E-state index in [2.05, 4.69) is 15.9 Å². The summed E-state index contributed by atoms with van der Waals surface area (Å²) in [6, 6.07) is 11.2. The van der Waals surface area contributed by atoms with Gasteiger partial charge >= 0.3 is 0 Å². The molecule has 0 N–H and O–H groups in total. The topological polar surface area (TPSA) is 20.3 Å². The molecule has 0 spiro atoms. The second-order valence-electron chi connectivity index (χ2n) is 3.89. The van der Waals surface area contributed by atoms with Gasteiger partial charge in [-0.05, 0) is 45.8 Å². The summed E-state index contributed by atoms with van der Waals surface area (Å²) in [5.41, 5.74) is 1.06. The minimum Gasteiger partial charge on any atom is -0.337 e. The quantitative estimate of drug-likeness (QED) is 0.806. The molecular formula is C13H11BrClNOS. The zero-order valence-corrected chi connectivity index (χ0v) is 12.8. The number of hydrogen-bond donors (Lipinski definition) is 0. The van der Waals surface area contributed by atoms with E-state index in [1.165, 1.54) is 11.3 Å². The molecule has 0 saturated heterocycles. The van der Waals surface area contributed by atoms with Crippen LogP contribution in [0.2, 0.25) is 5.02 Å². The summed E-state index contributed by atoms with van der Waals surface area (Å²) in [4.78, 5) is 14.5. The van der Waals surface area contributed by atoms with Crippen molar-refractivity contribution in [3.63, 3.8) is 0 Å². The summed E-state index contributed by atoms with van der Waals surface area (Å²) in [5, 5.41) is 0.704. The molecule has 1 aromatic heterocycles. The van der Waals surface area contributed by atoms with Crippen molar-refractivity contribution in [1.82, 2.24) is 4.90 Å². The van der Waals surface area contributed by atoms with E-state index in [-0.39, 0.29) is 5.91 Å². The van der Waals surface area contributed by atoms with E-state index >= 15 is 0 Å². The van der Waals surface area contributed by atoms with Crippen molar-refractivity contribution < 1.29 is 4.79 Å². The van der Waals surface area contributed by atoms with Gasteiger partial charge in [-0.2, -0.15) is 0 Å². The third-order valence-corrected chi connectivity index (χ3v) is 4.33. The first kappa shape index (κ1) is 13.6. The van der Waals surface area contributed by atoms with Gasteiger partial charge in [-0.3, -0.25) is 4.79 Å². The molecule has 0 bridgehead atoms. The van der Waals surface area contributed by atoms with Crippen molar-refractivity contribution in [3.8, 4) is 0 Å². The predicted octanol–water partition coefficient (Wildman–Crippen LogP) is 4.44. The van der Waals surface area contributed by atoms with Crippen LogP contribution in [-0.4, -0.2) is 17.9 Å². The summed E-state index contributed by atoms with van der Waals surface area (Å²) >= 11 is 10.6. The highest BCUT2D eigenvalue weighted by Crippen LogP contribution is 2.23. The highest BCUT2D eigenvalue weighted by atomic mass is 79.9. The fraction of sp³-hybridized carbons (Fsp3) is 0.154. The van der Waals surface area contributed by atoms with Crippen LogP contribution < -0.4 is 0 Å². The lowest BCUT2D eigenvalue weighted by atomic mass is 10.2. The third kappa shape index (κ3) is 3.34. The van der Waals surface area contributed by atoms with Crippen molar-refractivity contribution in [2.75, 3.05) is 7.05 Å². The second kappa shape index (κ2) is 5.87. The number of halogens is 2. The largest absolute Gasteiger partial charge is 0.337 e. The van der Waals surface area contributed by atoms with Gasteiger partial charge in [0.05, 0.1) is 8.66 Å². The van der Waals surface area contributed by atoms with Gasteiger partial charge in [-0.25, -0.2) is 0 Å². The predicted molar refractivity (Wildman–Crippen MR) is 79.3 cm³/mol. The molecule has 0 atom stereocenters. The fourth-order valence-corrected chi connectivity index (χ4v) is 3.06. The lowest BCUT2D eigenvalue weighted by molar-refractivity contribution is 0.0790. The van der Waals surface area contributed by atoms with Crippen LogP contribution >= 0.6 is 38.9 Å². The van der Waals surface area contributed by atoms with E-state index in [0.717, 1.165) is 14.2 Å². The van der Waals surface area contributed by atoms with E-state index < -0.39 is 0 Å². The summed E-state index contributed by atoms with van der Waals surface area (Å²) in [6.07, 6.45) is 0. The molecule has 0 aliphatic carbocycles. The Hall–Kier alpha value is -0.840. The van der Waals surface area contributed by atoms with Gasteiger partial charge in [-0.15, -0.1) is 11.3 Å². The lowest BCUT2D eigenvalue weighted by Crippen LogP contribution is -2.25. The molecule has 0 unspecified atom stereocenters. The summed E-state index contributed by atoms with van der Waals surface area (Å²) in [6.45, 7) is 0.575. The van der Waals surface area contributed by atoms with Crippen molar-refractivity contribution in [3.05, 3.63) is 55.6 Å². The van der Waals surface area contributed by atoms with Crippen LogP contribution in [0.25, 0.3) is 0 Å². The van der Waals surface area contributed by atoms with E-state index in [1.54, 1.807) is 11.9 Å². The van der Waals surface area contributed by atoms with Crippen molar-refractivity contribution in [2.24, 2.45) is 0 Å². The number of carbonyl (C=O) groups excluding carboxylic acids is 1. The number of carbonyl (C=O) groups is 1. The summed E-state index contributed by atoms with van der Waals surface area (Å²) in [7, 11) is 1.80. The number of nitrogens with zero attached hydrogens (tertiary/aromatic N) is 1. The molecule has 1 aromatic carbocycles. The average Bonchev–Trinajstić information content (AvgIpc) is 2.78. The Morgan fingerprint density at radius 1 is 1.28 bits per heavy atom. The first-order chi connectivity index (χ1) is 8.56. The Morgan fingerprint density at radius 2 is 1.94 bits per heavy atom. The molecule has 18 heavy (non-hydrogen) atoms. The van der Waals surface area contributed by atoms with Crippen LogP contribution in [0, 0.1) is 0 Å². The monoisotopic (exact) mass is 343 g/mol. The Kier molecular flexibility index (Phi) is 4.43. The van der Waals surface area contributed by atoms with Gasteiger partial charge in [0.2, 0.25) is 0 Å². The van der Waals surface area contributed by atoms with Crippen molar-refractivity contribution in [2.45, 2.75) is 6.54 Å². The molecular weight excluding hydrogens is 334 g/mol. The Balaban J connectivity index is 2.05. The Bertz CT molecular complexity index is 552. The smallest absolute Gasteiger partial charge is 0.264 e. The number of hydrogen-bond acceptors (Lipinski definition) is 2. The molecule has 1 amide bonds. The van der Waals surface area contributed by atoms with Crippen LogP contribution in [0.4, 0.5) is 0 Å². The highest BCUT2D eigenvalue weighted by Gasteiger charge is 2.13. The first-order valence-electron chi connectivity index (χ1n) is 5.31. The zero-order chi connectivity index (χ0) is 13.1. The highest BCUT2D eigenvalue weighted by molar-refractivity contribution is 9.11. The SMILES string of the molecule is CN(Cc1ccc(Cl)cc1)C(=O)c1ccc(Br)s1. The third-order valence-electron chi connectivity index (χ3n) is 2.46. The number of amides is 1. The first-order valence-corrected chi connectivity index (χ1v) is 7.30. The van der Waals surface area contributed by atoms with Crippen LogP contribution in [0.1, 0.15) is 15.2 Å². The van der Waals surface area contributed by atoms with Gasteiger partial charge in [0.25, 0.3) is 5.91 Å². The van der Waals surface area contributed by atoms with Gasteiger partial charge in [-0.1, -0.05) is 23.7 Å². The second-order valence-corrected chi connectivity index (χ2v) is 6.79. The van der Waals surface area contributed by atoms with E-state index in [9.17, 15) is 4.79 Å². The number of benzene rings is 1. The summed E-state index contributed by atoms with van der Waals surface area (Å²) < 4.78 is 0.964. The van der Waals surface area contributed by atoms with Crippen molar-refractivity contribution in [1.29, 1.82) is 0 Å². The molecule has 0 radical (unpaired) electrons. The maximum absolute atomic E-state index is 12.1. The van der Waals surface area contributed by atoms with Gasteiger partial charge in [0.1, 0.15) is 0 Å². The molecule has 2 rings (SSSR count). The Morgan fingerprint density at radius 3 is 2.50 bits per heavy atom. The zero-order valence-electron chi connectivity index (χ0n) is 9.69. The van der Waals surface area contributed by atoms with Crippen LogP contribution in [0.5, 0.6) is 0 Å². The van der Waals surface area contributed by atoms with Crippen LogP contribution in [0.3, 0.4) is 0 Å². The van der Waals surface area contributed by atoms with Gasteiger partial charge in [0, 0.05) is 18.6 Å². The van der Waals surface area contributed by atoms with E-state index in [4.69, 9.17) is 11.6 Å². The molecule has 5 heteroatoms. The van der Waals surface area contributed by atoms with Crippen molar-refractivity contribution >= 4 is 44.8 Å². The maximum Gasteiger partial charge on any atom is 0.264 e. The van der Waals surface area contributed by atoms with E-state index in [0.29, 0.717) is 11.6 Å². The van der Waals surface area contributed by atoms with Crippen LogP contribution in [0.15, 0.2) is 40.2 Å². The maximum atomic E-state index is 12.1. The molecule has 2 nitrogen and oxygen atoms in total. The molecule has 0 saturated carbocycles. The number of thiophene rings is 1. The number of rotatable bonds is 3. The minimum atomic E-state index is 0.0284. The molecule has 94 valence electrons. The normalized spacial score (nSPS) is 10.4. The fourth-order valence-electron chi connectivity index (χ4n) is 1.55. The van der Waals surface area contributed by atoms with Crippen LogP contribution in [-0.2, 0) is 6.54 Å². The van der Waals surface area contributed by atoms with E-state index in [1.807, 2.05) is 36.4 Å². The standard InChI is InChI=1S/C13H11BrClNOS/c1-16(8-9-2-4-10(15)5-3-9)13(17)11-6-7-12(14)18-11/h2-7H,8H2,1H3. The summed E-state index contributed by atoms with van der Waals surface area (Å²) in [5.74, 6) is 0.0284. The molecule has 1 heterocycles. The lowest BCUT2D eigenvalue weighted by Gasteiger charge is -2.16. The molecule has 0 fully saturated rings. The molecule has 2 aromatic rings. The average molecular weight is 345 g/mol. The molecule has 0 aliphatic heterocycles.